The van der Waals surface area contributed by atoms with Crippen LogP contribution in [-0.2, 0) is 11.3 Å². The van der Waals surface area contributed by atoms with Crippen LogP contribution in [0.25, 0.3) is 5.65 Å². The van der Waals surface area contributed by atoms with E-state index in [9.17, 15) is 4.79 Å². The molecule has 1 aliphatic rings. The molecule has 0 spiro atoms. The van der Waals surface area contributed by atoms with Gasteiger partial charge in [0.1, 0.15) is 5.65 Å². The van der Waals surface area contributed by atoms with E-state index in [1.165, 1.54) is 0 Å². The Hall–Kier alpha value is -2.62. The van der Waals surface area contributed by atoms with Gasteiger partial charge in [-0.25, -0.2) is 4.98 Å². The van der Waals surface area contributed by atoms with Crippen LogP contribution in [-0.4, -0.2) is 26.2 Å². The molecule has 4 rings (SSSR count). The quantitative estimate of drug-likeness (QED) is 0.683. The molecule has 0 bridgehead atoms. The maximum absolute atomic E-state index is 13.3. The maximum Gasteiger partial charge on any atom is 0.230 e. The molecule has 0 N–H and O–H groups in total. The van der Waals surface area contributed by atoms with Crippen molar-refractivity contribution in [2.45, 2.75) is 44.7 Å². The van der Waals surface area contributed by atoms with Crippen LogP contribution in [0.3, 0.4) is 0 Å². The lowest BCUT2D eigenvalue weighted by Gasteiger charge is -2.27. The van der Waals surface area contributed by atoms with Gasteiger partial charge < -0.3 is 9.30 Å². The van der Waals surface area contributed by atoms with Crippen LogP contribution in [0.4, 0.5) is 0 Å². The highest BCUT2D eigenvalue weighted by atomic mass is 16.2. The van der Waals surface area contributed by atoms with Gasteiger partial charge in [0, 0.05) is 12.2 Å². The smallest absolute Gasteiger partial charge is 0.230 e. The normalized spacial score (nSPS) is 15.2. The van der Waals surface area contributed by atoms with Crippen LogP contribution in [0, 0.1) is 0 Å². The summed E-state index contributed by atoms with van der Waals surface area (Å²) in [7, 11) is 0. The van der Waals surface area contributed by atoms with Crippen LogP contribution in [0.1, 0.15) is 43.4 Å². The van der Waals surface area contributed by atoms with Gasteiger partial charge in [-0.05, 0) is 37.0 Å². The van der Waals surface area contributed by atoms with E-state index >= 15 is 0 Å². The van der Waals surface area contributed by atoms with E-state index in [-0.39, 0.29) is 11.8 Å². The molecule has 1 aliphatic carbocycles. The SMILES string of the molecule is CCC(C(=O)N(Cc1cnc2ccccn12)C1CC1)c1ccccc1. The van der Waals surface area contributed by atoms with E-state index in [1.54, 1.807) is 0 Å². The van der Waals surface area contributed by atoms with Crippen molar-refractivity contribution in [3.63, 3.8) is 0 Å². The number of carbonyl (C=O) groups excluding carboxylic acids is 1. The van der Waals surface area contributed by atoms with Crippen LogP contribution < -0.4 is 0 Å². The summed E-state index contributed by atoms with van der Waals surface area (Å²) < 4.78 is 2.08. The highest BCUT2D eigenvalue weighted by molar-refractivity contribution is 5.84. The second kappa shape index (κ2) is 6.71. The Morgan fingerprint density at radius 2 is 1.96 bits per heavy atom. The molecule has 3 aromatic rings. The number of aromatic nitrogens is 2. The summed E-state index contributed by atoms with van der Waals surface area (Å²) in [5.74, 6) is 0.170. The minimum Gasteiger partial charge on any atom is -0.333 e. The Labute approximate surface area is 148 Å². The molecule has 4 nitrogen and oxygen atoms in total. The summed E-state index contributed by atoms with van der Waals surface area (Å²) in [5.41, 5.74) is 3.10. The topological polar surface area (TPSA) is 37.6 Å². The van der Waals surface area contributed by atoms with Crippen molar-refractivity contribution in [1.82, 2.24) is 14.3 Å². The fourth-order valence-corrected chi connectivity index (χ4v) is 3.49. The molecule has 1 atom stereocenters. The van der Waals surface area contributed by atoms with Crippen LogP contribution >= 0.6 is 0 Å². The molecule has 2 heterocycles. The van der Waals surface area contributed by atoms with E-state index in [0.717, 1.165) is 36.2 Å². The minimum absolute atomic E-state index is 0.0685. The largest absolute Gasteiger partial charge is 0.333 e. The number of amides is 1. The molecule has 25 heavy (non-hydrogen) atoms. The zero-order valence-corrected chi connectivity index (χ0v) is 14.5. The average Bonchev–Trinajstić information content (AvgIpc) is 3.42. The van der Waals surface area contributed by atoms with Gasteiger partial charge in [-0.1, -0.05) is 43.3 Å². The first-order valence-corrected chi connectivity index (χ1v) is 9.04. The van der Waals surface area contributed by atoms with Gasteiger partial charge in [0.05, 0.1) is 24.4 Å². The predicted molar refractivity (Wildman–Crippen MR) is 98.2 cm³/mol. The van der Waals surface area contributed by atoms with E-state index < -0.39 is 0 Å². The Morgan fingerprint density at radius 3 is 2.68 bits per heavy atom. The summed E-state index contributed by atoms with van der Waals surface area (Å²) in [6.45, 7) is 2.72. The second-order valence-corrected chi connectivity index (χ2v) is 6.75. The Kier molecular flexibility index (Phi) is 4.26. The molecule has 0 saturated heterocycles. The van der Waals surface area contributed by atoms with E-state index in [1.807, 2.05) is 48.8 Å². The number of hydrogen-bond acceptors (Lipinski definition) is 2. The van der Waals surface area contributed by atoms with Crippen molar-refractivity contribution in [2.75, 3.05) is 0 Å². The van der Waals surface area contributed by atoms with Gasteiger partial charge in [-0.3, -0.25) is 4.79 Å². The fraction of sp³-hybridized carbons (Fsp3) is 0.333. The van der Waals surface area contributed by atoms with E-state index in [4.69, 9.17) is 0 Å². The highest BCUT2D eigenvalue weighted by Crippen LogP contribution is 2.33. The van der Waals surface area contributed by atoms with Crippen molar-refractivity contribution in [3.8, 4) is 0 Å². The summed E-state index contributed by atoms with van der Waals surface area (Å²) >= 11 is 0. The molecule has 1 unspecified atom stereocenters. The Morgan fingerprint density at radius 1 is 1.20 bits per heavy atom. The molecular formula is C21H23N3O. The fourth-order valence-electron chi connectivity index (χ4n) is 3.49. The summed E-state index contributed by atoms with van der Waals surface area (Å²) in [6.07, 6.45) is 6.93. The van der Waals surface area contributed by atoms with E-state index in [0.29, 0.717) is 12.6 Å². The summed E-state index contributed by atoms with van der Waals surface area (Å²) in [6, 6.07) is 16.5. The Balaban J connectivity index is 1.61. The van der Waals surface area contributed by atoms with Crippen LogP contribution in [0.5, 0.6) is 0 Å². The molecule has 1 fully saturated rings. The third kappa shape index (κ3) is 3.16. The maximum atomic E-state index is 13.3. The van der Waals surface area contributed by atoms with Gasteiger partial charge >= 0.3 is 0 Å². The number of hydrogen-bond donors (Lipinski definition) is 0. The third-order valence-electron chi connectivity index (χ3n) is 5.00. The lowest BCUT2D eigenvalue weighted by Crippen LogP contribution is -2.36. The summed E-state index contributed by atoms with van der Waals surface area (Å²) in [4.78, 5) is 19.8. The summed E-state index contributed by atoms with van der Waals surface area (Å²) in [5, 5.41) is 0. The number of imidazole rings is 1. The number of carbonyl (C=O) groups is 1. The number of fused-ring (bicyclic) bond motifs is 1. The molecule has 0 radical (unpaired) electrons. The Bertz CT molecular complexity index is 867. The zero-order valence-electron chi connectivity index (χ0n) is 14.5. The van der Waals surface area contributed by atoms with Crippen molar-refractivity contribution in [3.05, 3.63) is 72.2 Å². The molecular weight excluding hydrogens is 310 g/mol. The van der Waals surface area contributed by atoms with Crippen molar-refractivity contribution >= 4 is 11.6 Å². The van der Waals surface area contributed by atoms with Gasteiger partial charge in [0.15, 0.2) is 0 Å². The number of pyridine rings is 1. The van der Waals surface area contributed by atoms with Crippen molar-refractivity contribution in [2.24, 2.45) is 0 Å². The molecule has 1 saturated carbocycles. The highest BCUT2D eigenvalue weighted by Gasteiger charge is 2.36. The average molecular weight is 333 g/mol. The van der Waals surface area contributed by atoms with Crippen molar-refractivity contribution in [1.29, 1.82) is 0 Å². The van der Waals surface area contributed by atoms with Gasteiger partial charge in [-0.15, -0.1) is 0 Å². The van der Waals surface area contributed by atoms with Gasteiger partial charge in [0.25, 0.3) is 0 Å². The molecule has 4 heteroatoms. The van der Waals surface area contributed by atoms with Crippen LogP contribution in [0.2, 0.25) is 0 Å². The van der Waals surface area contributed by atoms with E-state index in [2.05, 4.69) is 33.3 Å². The van der Waals surface area contributed by atoms with Gasteiger partial charge in [0.2, 0.25) is 5.91 Å². The third-order valence-corrected chi connectivity index (χ3v) is 5.00. The monoisotopic (exact) mass is 333 g/mol. The minimum atomic E-state index is -0.0685. The molecule has 1 aromatic carbocycles. The molecule has 128 valence electrons. The standard InChI is InChI=1S/C21H23N3O/c1-2-19(16-8-4-3-5-9-16)21(25)24(17-11-12-17)15-18-14-22-20-10-6-7-13-23(18)20/h3-10,13-14,17,19H,2,11-12,15H2,1H3. The molecule has 2 aromatic heterocycles. The zero-order chi connectivity index (χ0) is 17.2. The van der Waals surface area contributed by atoms with Gasteiger partial charge in [-0.2, -0.15) is 0 Å². The first kappa shape index (κ1) is 15.9. The first-order valence-electron chi connectivity index (χ1n) is 9.04. The lowest BCUT2D eigenvalue weighted by atomic mass is 9.95. The lowest BCUT2D eigenvalue weighted by molar-refractivity contribution is -0.134. The predicted octanol–water partition coefficient (Wildman–Crippen LogP) is 4.02. The number of nitrogens with zero attached hydrogens (tertiary/aromatic N) is 3. The molecule has 1 amide bonds. The van der Waals surface area contributed by atoms with Crippen molar-refractivity contribution < 1.29 is 4.79 Å². The first-order chi connectivity index (χ1) is 12.3. The molecule has 0 aliphatic heterocycles. The van der Waals surface area contributed by atoms with Crippen LogP contribution in [0.15, 0.2) is 60.9 Å². The number of benzene rings is 1. The second-order valence-electron chi connectivity index (χ2n) is 6.75. The number of rotatable bonds is 6.